The van der Waals surface area contributed by atoms with Gasteiger partial charge in [-0.1, -0.05) is 17.7 Å². The average Bonchev–Trinajstić information content (AvgIpc) is 2.51. The second-order valence-electron chi connectivity index (χ2n) is 5.34. The molecule has 0 saturated heterocycles. The van der Waals surface area contributed by atoms with E-state index in [4.69, 9.17) is 4.74 Å². The number of hydrogen-bond donors (Lipinski definition) is 0. The van der Waals surface area contributed by atoms with E-state index < -0.39 is 0 Å². The fourth-order valence-corrected chi connectivity index (χ4v) is 2.98. The summed E-state index contributed by atoms with van der Waals surface area (Å²) in [6.07, 6.45) is 3.76. The Morgan fingerprint density at radius 2 is 1.82 bits per heavy atom. The van der Waals surface area contributed by atoms with Crippen molar-refractivity contribution in [3.63, 3.8) is 0 Å². The van der Waals surface area contributed by atoms with E-state index >= 15 is 0 Å². The summed E-state index contributed by atoms with van der Waals surface area (Å²) < 4.78 is 5.01. The lowest BCUT2D eigenvalue weighted by molar-refractivity contribution is 0.177. The highest BCUT2D eigenvalue weighted by Crippen LogP contribution is 2.18. The Bertz CT molecular complexity index is 557. The van der Waals surface area contributed by atoms with Gasteiger partial charge < -0.3 is 9.64 Å². The monoisotopic (exact) mass is 317 g/mol. The zero-order valence-electron chi connectivity index (χ0n) is 13.5. The smallest absolute Gasteiger partial charge is 0.153 e. The first-order chi connectivity index (χ1) is 10.7. The molecule has 0 unspecified atom stereocenters. The van der Waals surface area contributed by atoms with Gasteiger partial charge in [0.1, 0.15) is 6.61 Å². The molecule has 0 bridgehead atoms. The van der Waals surface area contributed by atoms with Crippen molar-refractivity contribution in [3.05, 3.63) is 53.6 Å². The molecule has 0 amide bonds. The number of aromatic nitrogens is 2. The van der Waals surface area contributed by atoms with Crippen LogP contribution in [0.5, 0.6) is 0 Å². The molecule has 0 atom stereocenters. The summed E-state index contributed by atoms with van der Waals surface area (Å²) in [6, 6.07) is 8.68. The molecule has 0 aliphatic heterocycles. The van der Waals surface area contributed by atoms with Crippen LogP contribution >= 0.6 is 11.8 Å². The second-order valence-corrected chi connectivity index (χ2v) is 6.51. The number of thioether (sulfide) groups is 1. The predicted molar refractivity (Wildman–Crippen MR) is 91.0 cm³/mol. The van der Waals surface area contributed by atoms with E-state index in [9.17, 15) is 0 Å². The second kappa shape index (κ2) is 8.88. The van der Waals surface area contributed by atoms with Gasteiger partial charge in [0.15, 0.2) is 5.82 Å². The van der Waals surface area contributed by atoms with E-state index in [1.165, 1.54) is 10.5 Å². The third kappa shape index (κ3) is 5.75. The van der Waals surface area contributed by atoms with Crippen molar-refractivity contribution in [2.24, 2.45) is 0 Å². The van der Waals surface area contributed by atoms with E-state index in [-0.39, 0.29) is 0 Å². The van der Waals surface area contributed by atoms with Crippen LogP contribution in [0.15, 0.2) is 41.6 Å². The Hall–Kier alpha value is -1.43. The molecule has 0 aliphatic carbocycles. The normalized spacial score (nSPS) is 11.1. The van der Waals surface area contributed by atoms with Crippen LogP contribution in [0.25, 0.3) is 0 Å². The third-order valence-corrected chi connectivity index (χ3v) is 4.24. The molecule has 0 fully saturated rings. The third-order valence-electron chi connectivity index (χ3n) is 3.25. The van der Waals surface area contributed by atoms with Crippen LogP contribution in [0.3, 0.4) is 0 Å². The first-order valence-electron chi connectivity index (χ1n) is 7.34. The van der Waals surface area contributed by atoms with Crippen molar-refractivity contribution in [1.82, 2.24) is 14.9 Å². The molecule has 0 N–H and O–H groups in total. The van der Waals surface area contributed by atoms with Crippen molar-refractivity contribution < 1.29 is 4.74 Å². The van der Waals surface area contributed by atoms with Crippen LogP contribution in [-0.4, -0.2) is 41.3 Å². The number of methoxy groups -OCH3 is 1. The molecule has 1 heterocycles. The summed E-state index contributed by atoms with van der Waals surface area (Å²) >= 11 is 1.89. The standard InChI is InChI=1S/C17H23N3OS/c1-14-4-6-16(7-5-14)22-9-8-20(2)12-15-10-18-17(13-21-3)19-11-15/h4-7,10-11H,8-9,12-13H2,1-3H3. The predicted octanol–water partition coefficient (Wildman–Crippen LogP) is 3.16. The summed E-state index contributed by atoms with van der Waals surface area (Å²) in [5.74, 6) is 1.80. The van der Waals surface area contributed by atoms with Crippen LogP contribution < -0.4 is 0 Å². The Kier molecular flexibility index (Phi) is 6.83. The van der Waals surface area contributed by atoms with Gasteiger partial charge in [0.05, 0.1) is 0 Å². The van der Waals surface area contributed by atoms with Crippen molar-refractivity contribution in [2.45, 2.75) is 25.0 Å². The number of hydrogen-bond acceptors (Lipinski definition) is 5. The lowest BCUT2D eigenvalue weighted by Crippen LogP contribution is -2.21. The van der Waals surface area contributed by atoms with Crippen LogP contribution in [0.1, 0.15) is 17.0 Å². The highest BCUT2D eigenvalue weighted by Gasteiger charge is 2.03. The molecule has 2 aromatic rings. The van der Waals surface area contributed by atoms with Gasteiger partial charge in [-0.15, -0.1) is 11.8 Å². The number of aryl methyl sites for hydroxylation is 1. The summed E-state index contributed by atoms with van der Waals surface area (Å²) in [7, 11) is 3.77. The molecule has 0 radical (unpaired) electrons. The van der Waals surface area contributed by atoms with Crippen molar-refractivity contribution >= 4 is 11.8 Å². The summed E-state index contributed by atoms with van der Waals surface area (Å²) in [5, 5.41) is 0. The number of nitrogens with zero attached hydrogens (tertiary/aromatic N) is 3. The van der Waals surface area contributed by atoms with Crippen LogP contribution in [0.2, 0.25) is 0 Å². The molecule has 0 saturated carbocycles. The molecule has 2 rings (SSSR count). The largest absolute Gasteiger partial charge is 0.377 e. The van der Waals surface area contributed by atoms with Gasteiger partial charge in [-0.25, -0.2) is 9.97 Å². The molecule has 118 valence electrons. The summed E-state index contributed by atoms with van der Waals surface area (Å²) in [5.41, 5.74) is 2.43. The average molecular weight is 317 g/mol. The van der Waals surface area contributed by atoms with Gasteiger partial charge in [-0.2, -0.15) is 0 Å². The zero-order valence-corrected chi connectivity index (χ0v) is 14.3. The van der Waals surface area contributed by atoms with Crippen LogP contribution in [-0.2, 0) is 17.9 Å². The first-order valence-corrected chi connectivity index (χ1v) is 8.32. The highest BCUT2D eigenvalue weighted by atomic mass is 32.2. The topological polar surface area (TPSA) is 38.2 Å². The van der Waals surface area contributed by atoms with Crippen LogP contribution in [0, 0.1) is 6.92 Å². The number of benzene rings is 1. The minimum absolute atomic E-state index is 0.462. The Morgan fingerprint density at radius 1 is 1.14 bits per heavy atom. The summed E-state index contributed by atoms with van der Waals surface area (Å²) in [6.45, 7) is 4.46. The molecular formula is C17H23N3OS. The van der Waals surface area contributed by atoms with Crippen LogP contribution in [0.4, 0.5) is 0 Å². The first kappa shape index (κ1) is 16.9. The Balaban J connectivity index is 1.73. The zero-order chi connectivity index (χ0) is 15.8. The molecule has 22 heavy (non-hydrogen) atoms. The van der Waals surface area contributed by atoms with E-state index in [2.05, 4.69) is 53.1 Å². The Labute approximate surface area is 136 Å². The van der Waals surface area contributed by atoms with E-state index in [1.807, 2.05) is 24.2 Å². The van der Waals surface area contributed by atoms with E-state index in [1.54, 1.807) is 7.11 Å². The van der Waals surface area contributed by atoms with E-state index in [0.29, 0.717) is 6.61 Å². The molecule has 0 aliphatic rings. The molecule has 4 nitrogen and oxygen atoms in total. The summed E-state index contributed by atoms with van der Waals surface area (Å²) in [4.78, 5) is 12.2. The van der Waals surface area contributed by atoms with Gasteiger partial charge in [0.25, 0.3) is 0 Å². The van der Waals surface area contributed by atoms with Gasteiger partial charge in [-0.3, -0.25) is 0 Å². The molecule has 5 heteroatoms. The highest BCUT2D eigenvalue weighted by molar-refractivity contribution is 7.99. The molecule has 0 spiro atoms. The lowest BCUT2D eigenvalue weighted by Gasteiger charge is -2.16. The molecule has 1 aromatic heterocycles. The molecular weight excluding hydrogens is 294 g/mol. The minimum atomic E-state index is 0.462. The maximum atomic E-state index is 5.01. The fraction of sp³-hybridized carbons (Fsp3) is 0.412. The Morgan fingerprint density at radius 3 is 2.45 bits per heavy atom. The van der Waals surface area contributed by atoms with Gasteiger partial charge in [0.2, 0.25) is 0 Å². The minimum Gasteiger partial charge on any atom is -0.377 e. The maximum absolute atomic E-state index is 5.01. The quantitative estimate of drug-likeness (QED) is 0.699. The van der Waals surface area contributed by atoms with Gasteiger partial charge in [-0.05, 0) is 26.1 Å². The van der Waals surface area contributed by atoms with Gasteiger partial charge in [0, 0.05) is 48.8 Å². The lowest BCUT2D eigenvalue weighted by atomic mass is 10.2. The van der Waals surface area contributed by atoms with Crippen molar-refractivity contribution in [3.8, 4) is 0 Å². The number of ether oxygens (including phenoxy) is 1. The number of rotatable bonds is 8. The van der Waals surface area contributed by atoms with E-state index in [0.717, 1.165) is 30.2 Å². The van der Waals surface area contributed by atoms with Gasteiger partial charge >= 0.3 is 0 Å². The molecule has 1 aromatic carbocycles. The fourth-order valence-electron chi connectivity index (χ4n) is 2.01. The SMILES string of the molecule is COCc1ncc(CN(C)CCSc2ccc(C)cc2)cn1. The van der Waals surface area contributed by atoms with Crippen molar-refractivity contribution in [1.29, 1.82) is 0 Å². The maximum Gasteiger partial charge on any atom is 0.153 e. The van der Waals surface area contributed by atoms with Crippen molar-refractivity contribution in [2.75, 3.05) is 26.5 Å².